The van der Waals surface area contributed by atoms with Gasteiger partial charge in [0.25, 0.3) is 11.3 Å². The van der Waals surface area contributed by atoms with Crippen molar-refractivity contribution in [2.24, 2.45) is 0 Å². The normalized spacial score (nSPS) is 14.4. The minimum atomic E-state index is -2.57. The molecule has 1 saturated carbocycles. The first kappa shape index (κ1) is 21.8. The lowest BCUT2D eigenvalue weighted by Gasteiger charge is -2.18. The van der Waals surface area contributed by atoms with Crippen molar-refractivity contribution < 1.29 is 13.6 Å². The minimum absolute atomic E-state index is 0.0190. The summed E-state index contributed by atoms with van der Waals surface area (Å²) in [4.78, 5) is 30.7. The fraction of sp³-hybridized carbons (Fsp3) is 0.318. The Labute approximate surface area is 186 Å². The molecule has 1 fully saturated rings. The summed E-state index contributed by atoms with van der Waals surface area (Å²) in [5.41, 5.74) is 0.862. The number of hydrogen-bond donors (Lipinski definition) is 1. The van der Waals surface area contributed by atoms with Gasteiger partial charge in [0.1, 0.15) is 0 Å². The molecule has 0 spiro atoms. The maximum absolute atomic E-state index is 13.2. The Morgan fingerprint density at radius 2 is 1.84 bits per heavy atom. The highest BCUT2D eigenvalue weighted by Gasteiger charge is 2.23. The van der Waals surface area contributed by atoms with Gasteiger partial charge in [-0.1, -0.05) is 60.6 Å². The molecule has 1 aliphatic rings. The van der Waals surface area contributed by atoms with Crippen LogP contribution in [0.4, 0.5) is 14.5 Å². The number of aromatic nitrogens is 2. The van der Waals surface area contributed by atoms with E-state index in [1.165, 1.54) is 11.8 Å². The molecule has 1 amide bonds. The molecule has 0 atom stereocenters. The Morgan fingerprint density at radius 3 is 2.61 bits per heavy atom. The van der Waals surface area contributed by atoms with Crippen molar-refractivity contribution >= 4 is 46.0 Å². The lowest BCUT2D eigenvalue weighted by molar-refractivity contribution is -0.113. The van der Waals surface area contributed by atoms with E-state index in [9.17, 15) is 18.4 Å². The second-order valence-electron chi connectivity index (χ2n) is 7.24. The quantitative estimate of drug-likeness (QED) is 0.369. The highest BCUT2D eigenvalue weighted by Crippen LogP contribution is 2.33. The molecule has 1 aliphatic carbocycles. The van der Waals surface area contributed by atoms with Crippen molar-refractivity contribution in [1.29, 1.82) is 0 Å². The molecular weight excluding hydrogens is 440 g/mol. The van der Waals surface area contributed by atoms with Crippen molar-refractivity contribution in [3.63, 3.8) is 0 Å². The molecule has 0 saturated heterocycles. The van der Waals surface area contributed by atoms with Gasteiger partial charge in [0.2, 0.25) is 5.91 Å². The van der Waals surface area contributed by atoms with E-state index in [1.807, 2.05) is 12.1 Å². The van der Waals surface area contributed by atoms with Crippen molar-refractivity contribution in [1.82, 2.24) is 9.55 Å². The van der Waals surface area contributed by atoms with Gasteiger partial charge in [-0.25, -0.2) is 4.98 Å². The average molecular weight is 462 g/mol. The monoisotopic (exact) mass is 461 g/mol. The van der Waals surface area contributed by atoms with Crippen molar-refractivity contribution in [3.05, 3.63) is 58.9 Å². The predicted molar refractivity (Wildman–Crippen MR) is 121 cm³/mol. The second kappa shape index (κ2) is 9.82. The van der Waals surface area contributed by atoms with Crippen molar-refractivity contribution in [2.75, 3.05) is 11.1 Å². The molecule has 3 aromatic rings. The molecule has 1 heterocycles. The molecule has 0 bridgehead atoms. The molecule has 0 aliphatic heterocycles. The number of thioether (sulfide) groups is 2. The van der Waals surface area contributed by atoms with E-state index in [2.05, 4.69) is 10.3 Å². The molecular formula is C22H21F2N3O2S2. The molecule has 2 aromatic carbocycles. The third kappa shape index (κ3) is 5.10. The molecule has 5 nitrogen and oxygen atoms in total. The molecule has 1 N–H and O–H groups in total. The van der Waals surface area contributed by atoms with Gasteiger partial charge in [0, 0.05) is 10.9 Å². The van der Waals surface area contributed by atoms with E-state index < -0.39 is 5.76 Å². The van der Waals surface area contributed by atoms with E-state index in [0.717, 1.165) is 25.7 Å². The van der Waals surface area contributed by atoms with Gasteiger partial charge in [0.05, 0.1) is 22.3 Å². The molecule has 0 radical (unpaired) electrons. The number of nitrogens with zero attached hydrogens (tertiary/aromatic N) is 2. The Morgan fingerprint density at radius 1 is 1.13 bits per heavy atom. The Kier molecular flexibility index (Phi) is 6.92. The van der Waals surface area contributed by atoms with Crippen LogP contribution in [-0.2, 0) is 4.79 Å². The van der Waals surface area contributed by atoms with Crippen LogP contribution in [0, 0.1) is 0 Å². The summed E-state index contributed by atoms with van der Waals surface area (Å²) in [7, 11) is 0. The summed E-state index contributed by atoms with van der Waals surface area (Å²) >= 11 is 1.59. The van der Waals surface area contributed by atoms with Crippen LogP contribution in [0.1, 0.15) is 31.7 Å². The number of anilines is 1. The standard InChI is InChI=1S/C22H21F2N3O2S2/c23-21(24)31-18-12-6-5-11-17(18)25-19(28)13-30-22-26-16-10-4-3-9-15(16)20(29)27(22)14-7-1-2-8-14/h3-6,9-12,14,21H,1-2,7-8,13H2,(H,25,28). The number of halogens is 2. The number of alkyl halides is 2. The van der Waals surface area contributed by atoms with Crippen LogP contribution in [0.25, 0.3) is 10.9 Å². The lowest BCUT2D eigenvalue weighted by atomic mass is 10.2. The van der Waals surface area contributed by atoms with Gasteiger partial charge in [-0.3, -0.25) is 14.2 Å². The van der Waals surface area contributed by atoms with Crippen LogP contribution < -0.4 is 10.9 Å². The lowest BCUT2D eigenvalue weighted by Crippen LogP contribution is -2.27. The maximum Gasteiger partial charge on any atom is 0.288 e. The van der Waals surface area contributed by atoms with Gasteiger partial charge in [0.15, 0.2) is 5.16 Å². The van der Waals surface area contributed by atoms with Crippen LogP contribution in [0.2, 0.25) is 0 Å². The van der Waals surface area contributed by atoms with Gasteiger partial charge >= 0.3 is 0 Å². The van der Waals surface area contributed by atoms with Gasteiger partial charge in [-0.2, -0.15) is 8.78 Å². The van der Waals surface area contributed by atoms with E-state index in [-0.39, 0.29) is 23.3 Å². The van der Waals surface area contributed by atoms with Crippen LogP contribution in [-0.4, -0.2) is 27.0 Å². The molecule has 0 unspecified atom stereocenters. The zero-order chi connectivity index (χ0) is 21.8. The molecule has 9 heteroatoms. The molecule has 162 valence electrons. The molecule has 1 aromatic heterocycles. The largest absolute Gasteiger partial charge is 0.324 e. The van der Waals surface area contributed by atoms with Gasteiger partial charge < -0.3 is 5.32 Å². The van der Waals surface area contributed by atoms with Crippen LogP contribution >= 0.6 is 23.5 Å². The number of carbonyl (C=O) groups excluding carboxylic acids is 1. The number of para-hydroxylation sites is 2. The molecule has 4 rings (SSSR count). The fourth-order valence-electron chi connectivity index (χ4n) is 3.80. The summed E-state index contributed by atoms with van der Waals surface area (Å²) in [6, 6.07) is 13.8. The number of rotatable bonds is 7. The summed E-state index contributed by atoms with van der Waals surface area (Å²) in [6.45, 7) is 0. The number of hydrogen-bond acceptors (Lipinski definition) is 5. The number of nitrogens with one attached hydrogen (secondary N) is 1. The van der Waals surface area contributed by atoms with E-state index in [0.29, 0.717) is 38.4 Å². The van der Waals surface area contributed by atoms with Crippen molar-refractivity contribution in [3.8, 4) is 0 Å². The number of benzene rings is 2. The third-order valence-electron chi connectivity index (χ3n) is 5.17. The summed E-state index contributed by atoms with van der Waals surface area (Å²) in [5.74, 6) is -2.90. The first-order chi connectivity index (χ1) is 15.0. The second-order valence-corrected chi connectivity index (χ2v) is 9.21. The maximum atomic E-state index is 13.2. The average Bonchev–Trinajstić information content (AvgIpc) is 3.28. The van der Waals surface area contributed by atoms with E-state index in [1.54, 1.807) is 41.0 Å². The summed E-state index contributed by atoms with van der Waals surface area (Å²) in [5, 5.41) is 3.78. The smallest absolute Gasteiger partial charge is 0.288 e. The zero-order valence-corrected chi connectivity index (χ0v) is 18.2. The number of carbonyl (C=O) groups is 1. The number of amides is 1. The Bertz CT molecular complexity index is 1150. The van der Waals surface area contributed by atoms with Gasteiger partial charge in [-0.15, -0.1) is 0 Å². The minimum Gasteiger partial charge on any atom is -0.324 e. The Balaban J connectivity index is 1.56. The first-order valence-electron chi connectivity index (χ1n) is 10.0. The predicted octanol–water partition coefficient (Wildman–Crippen LogP) is 5.56. The SMILES string of the molecule is O=C(CSc1nc2ccccc2c(=O)n1C1CCCC1)Nc1ccccc1SC(F)F. The third-order valence-corrected chi connectivity index (χ3v) is 6.92. The van der Waals surface area contributed by atoms with Crippen LogP contribution in [0.15, 0.2) is 63.4 Å². The highest BCUT2D eigenvalue weighted by molar-refractivity contribution is 8.00. The van der Waals surface area contributed by atoms with E-state index in [4.69, 9.17) is 0 Å². The zero-order valence-electron chi connectivity index (χ0n) is 16.6. The summed E-state index contributed by atoms with van der Waals surface area (Å²) in [6.07, 6.45) is 3.95. The fourth-order valence-corrected chi connectivity index (χ4v) is 5.26. The first-order valence-corrected chi connectivity index (χ1v) is 11.9. The Hall–Kier alpha value is -2.39. The van der Waals surface area contributed by atoms with Crippen molar-refractivity contribution in [2.45, 2.75) is 47.5 Å². The van der Waals surface area contributed by atoms with E-state index >= 15 is 0 Å². The van der Waals surface area contributed by atoms with Gasteiger partial charge in [-0.05, 0) is 37.1 Å². The summed E-state index contributed by atoms with van der Waals surface area (Å²) < 4.78 is 27.3. The van der Waals surface area contributed by atoms with Crippen LogP contribution in [0.5, 0.6) is 0 Å². The van der Waals surface area contributed by atoms with Crippen LogP contribution in [0.3, 0.4) is 0 Å². The molecule has 31 heavy (non-hydrogen) atoms. The highest BCUT2D eigenvalue weighted by atomic mass is 32.2. The topological polar surface area (TPSA) is 64.0 Å². The number of fused-ring (bicyclic) bond motifs is 1.